The van der Waals surface area contributed by atoms with Gasteiger partial charge in [-0.3, -0.25) is 4.79 Å². The molecule has 0 spiro atoms. The van der Waals surface area contributed by atoms with Crippen molar-refractivity contribution >= 4 is 6.47 Å². The van der Waals surface area contributed by atoms with Crippen LogP contribution in [-0.4, -0.2) is 69.5 Å². The van der Waals surface area contributed by atoms with E-state index in [0.717, 1.165) is 74.9 Å². The second kappa shape index (κ2) is 24.4. The molecule has 0 aliphatic carbocycles. The fourth-order valence-electron chi connectivity index (χ4n) is 5.47. The van der Waals surface area contributed by atoms with Crippen molar-refractivity contribution in [2.75, 3.05) is 39.6 Å². The summed E-state index contributed by atoms with van der Waals surface area (Å²) in [7, 11) is 0. The molecule has 0 aliphatic rings. The first-order valence-corrected chi connectivity index (χ1v) is 19.3. The molecule has 0 aromatic heterocycles. The topological polar surface area (TPSA) is 81.7 Å². The van der Waals surface area contributed by atoms with Crippen molar-refractivity contribution < 1.29 is 38.0 Å². The summed E-state index contributed by atoms with van der Waals surface area (Å²) in [6.07, 6.45) is 8.50. The molecule has 51 heavy (non-hydrogen) atoms. The van der Waals surface area contributed by atoms with Crippen molar-refractivity contribution in [3.05, 3.63) is 54.6 Å². The number of rotatable bonds is 30. The van der Waals surface area contributed by atoms with Crippen molar-refractivity contribution in [3.8, 4) is 17.2 Å². The lowest BCUT2D eigenvalue weighted by atomic mass is 9.91. The molecule has 4 unspecified atom stereocenters. The molecule has 2 aromatic carbocycles. The molecule has 0 radical (unpaired) electrons. The summed E-state index contributed by atoms with van der Waals surface area (Å²) in [4.78, 5) is 11.1. The van der Waals surface area contributed by atoms with Crippen molar-refractivity contribution in [3.63, 3.8) is 0 Å². The molecular formula is C43H70O8. The fourth-order valence-corrected chi connectivity index (χ4v) is 5.47. The van der Waals surface area contributed by atoms with Gasteiger partial charge in [0.15, 0.2) is 0 Å². The lowest BCUT2D eigenvalue weighted by Gasteiger charge is -2.33. The largest absolute Gasteiger partial charge is 0.493 e. The Balaban J connectivity index is 1.60. The van der Waals surface area contributed by atoms with Crippen LogP contribution >= 0.6 is 0 Å². The van der Waals surface area contributed by atoms with Crippen molar-refractivity contribution in [1.29, 1.82) is 0 Å². The van der Waals surface area contributed by atoms with Gasteiger partial charge in [-0.25, -0.2) is 0 Å². The quantitative estimate of drug-likeness (QED) is 0.0584. The summed E-state index contributed by atoms with van der Waals surface area (Å²) in [5, 5.41) is 0. The van der Waals surface area contributed by atoms with E-state index in [1.807, 2.05) is 68.4 Å². The summed E-state index contributed by atoms with van der Waals surface area (Å²) in [5.74, 6) is 3.41. The van der Waals surface area contributed by atoms with Gasteiger partial charge in [-0.1, -0.05) is 64.3 Å². The molecular weight excluding hydrogens is 644 g/mol. The Labute approximate surface area is 310 Å². The lowest BCUT2D eigenvalue weighted by Crippen LogP contribution is -2.41. The summed E-state index contributed by atoms with van der Waals surface area (Å²) < 4.78 is 41.9. The van der Waals surface area contributed by atoms with Gasteiger partial charge >= 0.3 is 0 Å². The first kappa shape index (κ1) is 44.4. The number of hydrogen-bond acceptors (Lipinski definition) is 8. The first-order valence-electron chi connectivity index (χ1n) is 19.3. The zero-order chi connectivity index (χ0) is 37.5. The van der Waals surface area contributed by atoms with Crippen molar-refractivity contribution in [2.45, 2.75) is 137 Å². The van der Waals surface area contributed by atoms with Crippen LogP contribution in [0.4, 0.5) is 0 Å². The molecule has 8 heteroatoms. The third kappa shape index (κ3) is 20.1. The minimum atomic E-state index is -0.712. The minimum absolute atomic E-state index is 0.0623. The molecule has 0 aliphatic heterocycles. The van der Waals surface area contributed by atoms with E-state index in [2.05, 4.69) is 48.5 Å². The van der Waals surface area contributed by atoms with Crippen molar-refractivity contribution in [1.82, 2.24) is 0 Å². The van der Waals surface area contributed by atoms with Crippen LogP contribution < -0.4 is 14.2 Å². The highest BCUT2D eigenvalue weighted by Gasteiger charge is 2.33. The molecule has 0 saturated heterocycles. The van der Waals surface area contributed by atoms with Crippen molar-refractivity contribution in [2.24, 2.45) is 17.8 Å². The first-order chi connectivity index (χ1) is 24.3. The van der Waals surface area contributed by atoms with Gasteiger partial charge in [-0.2, -0.15) is 0 Å². The van der Waals surface area contributed by atoms with Gasteiger partial charge in [0, 0.05) is 32.1 Å². The molecule has 0 fully saturated rings. The third-order valence-corrected chi connectivity index (χ3v) is 9.59. The molecule has 0 amide bonds. The summed E-state index contributed by atoms with van der Waals surface area (Å²) in [6.45, 7) is 23.1. The van der Waals surface area contributed by atoms with E-state index < -0.39 is 5.60 Å². The monoisotopic (exact) mass is 715 g/mol. The highest BCUT2D eigenvalue weighted by atomic mass is 16.5. The number of hydrogen-bond donors (Lipinski definition) is 0. The predicted molar refractivity (Wildman–Crippen MR) is 206 cm³/mol. The number of ether oxygens (including phenoxy) is 7. The van der Waals surface area contributed by atoms with E-state index in [1.54, 1.807) is 0 Å². The van der Waals surface area contributed by atoms with E-state index in [4.69, 9.17) is 33.2 Å². The molecule has 4 atom stereocenters. The number of para-hydroxylation sites is 1. The second-order valence-electron chi connectivity index (χ2n) is 15.5. The Hall–Kier alpha value is -2.81. The second-order valence-corrected chi connectivity index (χ2v) is 15.5. The normalized spacial score (nSPS) is 14.5. The minimum Gasteiger partial charge on any atom is -0.493 e. The van der Waals surface area contributed by atoms with Gasteiger partial charge in [-0.05, 0) is 96.9 Å². The van der Waals surface area contributed by atoms with E-state index >= 15 is 0 Å². The maximum Gasteiger partial charge on any atom is 0.293 e. The summed E-state index contributed by atoms with van der Waals surface area (Å²) >= 11 is 0. The Kier molecular flexibility index (Phi) is 21.2. The summed E-state index contributed by atoms with van der Waals surface area (Å²) in [5.41, 5.74) is -0.917. The van der Waals surface area contributed by atoms with Gasteiger partial charge in [-0.15, -0.1) is 0 Å². The van der Waals surface area contributed by atoms with Crippen LogP contribution in [-0.2, 0) is 23.7 Å². The SMILES string of the molecule is CC(C)CCCCOC(C)(C)CCOc1cccc(OCCC(C)OCCCCC(C)C(C)OCC(COc2ccccc2)C(C)(C)OC=O)c1. The van der Waals surface area contributed by atoms with E-state index in [-0.39, 0.29) is 23.7 Å². The van der Waals surface area contributed by atoms with E-state index in [1.165, 1.54) is 12.8 Å². The third-order valence-electron chi connectivity index (χ3n) is 9.59. The molecule has 8 nitrogen and oxygen atoms in total. The van der Waals surface area contributed by atoms with Gasteiger partial charge < -0.3 is 33.2 Å². The van der Waals surface area contributed by atoms with Crippen LogP contribution in [0.5, 0.6) is 17.2 Å². The van der Waals surface area contributed by atoms with Gasteiger partial charge in [0.1, 0.15) is 22.8 Å². The molecule has 0 heterocycles. The molecule has 0 N–H and O–H groups in total. The van der Waals surface area contributed by atoms with Gasteiger partial charge in [0.2, 0.25) is 0 Å². The molecule has 290 valence electrons. The number of carbonyl (C=O) groups excluding carboxylic acids is 1. The highest BCUT2D eigenvalue weighted by molar-refractivity contribution is 5.38. The maximum atomic E-state index is 11.1. The van der Waals surface area contributed by atoms with Gasteiger partial charge in [0.05, 0.1) is 50.2 Å². The Morgan fingerprint density at radius 2 is 1.29 bits per heavy atom. The Bertz CT molecular complexity index is 1170. The molecule has 0 bridgehead atoms. The number of unbranched alkanes of at least 4 members (excludes halogenated alkanes) is 2. The fraction of sp³-hybridized carbons (Fsp3) is 0.698. The molecule has 2 rings (SSSR count). The summed E-state index contributed by atoms with van der Waals surface area (Å²) in [6, 6.07) is 17.5. The molecule has 0 saturated carbocycles. The van der Waals surface area contributed by atoms with E-state index in [9.17, 15) is 4.79 Å². The van der Waals surface area contributed by atoms with E-state index in [0.29, 0.717) is 38.8 Å². The highest BCUT2D eigenvalue weighted by Crippen LogP contribution is 2.26. The van der Waals surface area contributed by atoms with Crippen LogP contribution in [0.1, 0.15) is 114 Å². The standard InChI is InChI=1S/C43H70O8/c1-34(2)18-13-16-27-50-42(6,7)25-29-47-41-23-17-22-40(30-41)46-28-24-36(4)45-26-15-14-19-35(3)37(5)48-31-38(43(8,9)51-33-44)32-49-39-20-11-10-12-21-39/h10-12,17,20-23,30,33-38H,13-16,18-19,24-29,31-32H2,1-9H3. The van der Waals surface area contributed by atoms with Crippen LogP contribution in [0, 0.1) is 17.8 Å². The Morgan fingerprint density at radius 3 is 1.98 bits per heavy atom. The zero-order valence-electron chi connectivity index (χ0n) is 33.3. The average molecular weight is 715 g/mol. The maximum absolute atomic E-state index is 11.1. The zero-order valence-corrected chi connectivity index (χ0v) is 33.3. The van der Waals surface area contributed by atoms with Gasteiger partial charge in [0.25, 0.3) is 6.47 Å². The lowest BCUT2D eigenvalue weighted by molar-refractivity contribution is -0.151. The van der Waals surface area contributed by atoms with Crippen LogP contribution in [0.25, 0.3) is 0 Å². The Morgan fingerprint density at radius 1 is 0.647 bits per heavy atom. The number of carbonyl (C=O) groups is 1. The predicted octanol–water partition coefficient (Wildman–Crippen LogP) is 10.1. The average Bonchev–Trinajstić information content (AvgIpc) is 3.08. The van der Waals surface area contributed by atoms with Crippen LogP contribution in [0.2, 0.25) is 0 Å². The molecule has 2 aromatic rings. The van der Waals surface area contributed by atoms with Crippen LogP contribution in [0.3, 0.4) is 0 Å². The van der Waals surface area contributed by atoms with Crippen LogP contribution in [0.15, 0.2) is 54.6 Å². The number of benzene rings is 2. The smallest absolute Gasteiger partial charge is 0.293 e.